The number of likely N-dealkylation sites (tertiary alicyclic amines) is 1. The van der Waals surface area contributed by atoms with Crippen molar-refractivity contribution in [1.29, 1.82) is 0 Å². The molecule has 6 heterocycles. The smallest absolute Gasteiger partial charge is 0.302 e. The van der Waals surface area contributed by atoms with Gasteiger partial charge in [0.1, 0.15) is 35.2 Å². The first kappa shape index (κ1) is 47.2. The molecule has 0 bridgehead atoms. The number of hydrogen-bond acceptors (Lipinski definition) is 14. The number of aryl methyl sites for hydroxylation is 1. The van der Waals surface area contributed by atoms with Gasteiger partial charge in [0, 0.05) is 78.8 Å². The summed E-state index contributed by atoms with van der Waals surface area (Å²) in [4.78, 5) is 72.3. The molecular weight excluding hydrogens is 942 g/mol. The Labute approximate surface area is 409 Å². The molecule has 10 rings (SSSR count). The minimum absolute atomic E-state index is 0.0337. The van der Waals surface area contributed by atoms with Gasteiger partial charge in [-0.3, -0.25) is 48.5 Å². The predicted octanol–water partition coefficient (Wildman–Crippen LogP) is 6.44. The maximum Gasteiger partial charge on any atom is 0.302 e. The van der Waals surface area contributed by atoms with Crippen molar-refractivity contribution in [3.63, 3.8) is 0 Å². The lowest BCUT2D eigenvalue weighted by atomic mass is 9.85. The highest BCUT2D eigenvalue weighted by Crippen LogP contribution is 2.42. The fourth-order valence-electron chi connectivity index (χ4n) is 10.1. The first-order chi connectivity index (χ1) is 34.1. The number of benzene rings is 3. The molecule has 3 aromatic heterocycles. The first-order valence-corrected chi connectivity index (χ1v) is 24.0. The number of hydrogen-bond donors (Lipinski definition) is 5. The molecular formula is C49H49F3N12O6S. The summed E-state index contributed by atoms with van der Waals surface area (Å²) in [5.74, 6) is -4.91. The second-order valence-electron chi connectivity index (χ2n) is 18.3. The maximum atomic E-state index is 13.7. The Kier molecular flexibility index (Phi) is 12.7. The van der Waals surface area contributed by atoms with Crippen LogP contribution in [-0.4, -0.2) is 107 Å². The zero-order valence-electron chi connectivity index (χ0n) is 38.7. The van der Waals surface area contributed by atoms with Crippen LogP contribution in [0.1, 0.15) is 83.9 Å². The molecule has 1 saturated carbocycles. The number of fused-ring (bicyclic) bond motifs is 2. The van der Waals surface area contributed by atoms with E-state index >= 15 is 0 Å². The predicted molar refractivity (Wildman–Crippen MR) is 259 cm³/mol. The topological polar surface area (TPSA) is 224 Å². The zero-order valence-corrected chi connectivity index (χ0v) is 39.5. The summed E-state index contributed by atoms with van der Waals surface area (Å²) in [6.45, 7) is 2.34. The Morgan fingerprint density at radius 2 is 1.72 bits per heavy atom. The van der Waals surface area contributed by atoms with Gasteiger partial charge in [-0.1, -0.05) is 24.3 Å². The standard InChI is InChI=1S/C49H49F3N12O6S/c1-24(25-7-10-28(50)11-8-25)70-38-17-26(9-13-34(38)60-71-49(51)52)42-41-43(62(3)59-42)33(21-54-44(41)53)27-20-55-63(22-27)31-12-14-36(61(2)23-31)45(66)57-30-18-29(19-30)56-35-6-4-5-32-40(35)48(69)64(47(32)68)37-15-16-39(65)58-46(37)67/h4-11,13,17,20-22,24,29-31,36-37,49,56,60H,12,14-16,18-19,23H2,1-3H3,(H2,53,54)(H,57,66)(H,58,65,67)/t24-,29-,30-,31?,36?,37?/m0/s1. The molecule has 4 atom stereocenters. The van der Waals surface area contributed by atoms with Gasteiger partial charge in [-0.2, -0.15) is 19.0 Å². The molecule has 3 aromatic carbocycles. The van der Waals surface area contributed by atoms with Gasteiger partial charge in [-0.15, -0.1) is 0 Å². The zero-order chi connectivity index (χ0) is 49.8. The summed E-state index contributed by atoms with van der Waals surface area (Å²) in [7, 11) is 3.72. The highest BCUT2D eigenvalue weighted by atomic mass is 32.2. The lowest BCUT2D eigenvalue weighted by molar-refractivity contribution is -0.136. The number of nitrogens with one attached hydrogen (secondary N) is 4. The third kappa shape index (κ3) is 9.12. The van der Waals surface area contributed by atoms with E-state index < -0.39 is 47.3 Å². The number of alkyl halides is 2. The second kappa shape index (κ2) is 19.0. The van der Waals surface area contributed by atoms with Crippen LogP contribution >= 0.6 is 11.9 Å². The highest BCUT2D eigenvalue weighted by molar-refractivity contribution is 8.00. The van der Waals surface area contributed by atoms with Gasteiger partial charge in [0.25, 0.3) is 11.8 Å². The maximum absolute atomic E-state index is 13.7. The Morgan fingerprint density at radius 1 is 0.930 bits per heavy atom. The van der Waals surface area contributed by atoms with Crippen LogP contribution in [0.15, 0.2) is 79.3 Å². The van der Waals surface area contributed by atoms with Crippen molar-refractivity contribution in [2.75, 3.05) is 29.4 Å². The van der Waals surface area contributed by atoms with E-state index in [1.54, 1.807) is 79.6 Å². The molecule has 22 heteroatoms. The van der Waals surface area contributed by atoms with Gasteiger partial charge >= 0.3 is 5.76 Å². The Hall–Kier alpha value is -7.46. The van der Waals surface area contributed by atoms with Crippen molar-refractivity contribution >= 4 is 69.6 Å². The average molecular weight is 991 g/mol. The average Bonchev–Trinajstić information content (AvgIpc) is 4.03. The van der Waals surface area contributed by atoms with Crippen LogP contribution in [-0.2, 0) is 21.4 Å². The molecule has 1 aliphatic carbocycles. The Balaban J connectivity index is 0.780. The molecule has 368 valence electrons. The quantitative estimate of drug-likeness (QED) is 0.0586. The number of pyridine rings is 1. The second-order valence-corrected chi connectivity index (χ2v) is 19.1. The van der Waals surface area contributed by atoms with Crippen LogP contribution in [0.5, 0.6) is 5.75 Å². The van der Waals surface area contributed by atoms with Crippen LogP contribution in [0.2, 0.25) is 0 Å². The van der Waals surface area contributed by atoms with Gasteiger partial charge in [-0.25, -0.2) is 9.37 Å². The first-order valence-electron chi connectivity index (χ1n) is 23.2. The Morgan fingerprint density at radius 3 is 2.46 bits per heavy atom. The fourth-order valence-corrected chi connectivity index (χ4v) is 10.4. The van der Waals surface area contributed by atoms with Crippen molar-refractivity contribution in [2.45, 2.75) is 87.5 Å². The van der Waals surface area contributed by atoms with Crippen molar-refractivity contribution in [1.82, 2.24) is 45.0 Å². The van der Waals surface area contributed by atoms with E-state index in [1.807, 2.05) is 22.8 Å². The monoisotopic (exact) mass is 990 g/mol. The van der Waals surface area contributed by atoms with E-state index in [0.717, 1.165) is 16.0 Å². The highest BCUT2D eigenvalue weighted by Gasteiger charge is 2.46. The molecule has 3 unspecified atom stereocenters. The number of likely N-dealkylation sites (N-methyl/N-ethyl adjacent to an activating group) is 1. The molecule has 6 N–H and O–H groups in total. The number of carbonyl (C=O) groups excluding carboxylic acids is 5. The van der Waals surface area contributed by atoms with E-state index in [1.165, 1.54) is 12.1 Å². The molecule has 0 spiro atoms. The number of aromatic nitrogens is 5. The molecule has 3 aliphatic heterocycles. The minimum atomic E-state index is -2.69. The van der Waals surface area contributed by atoms with E-state index in [-0.39, 0.29) is 77.6 Å². The Bertz CT molecular complexity index is 3110. The van der Waals surface area contributed by atoms with E-state index in [0.29, 0.717) is 71.3 Å². The summed E-state index contributed by atoms with van der Waals surface area (Å²) >= 11 is 0.237. The van der Waals surface area contributed by atoms with Gasteiger partial charge in [0.05, 0.1) is 46.0 Å². The number of ether oxygens (including phenoxy) is 1. The normalized spacial score (nSPS) is 21.8. The molecule has 71 heavy (non-hydrogen) atoms. The largest absolute Gasteiger partial charge is 0.484 e. The summed E-state index contributed by atoms with van der Waals surface area (Å²) in [5.41, 5.74) is 11.7. The third-order valence-electron chi connectivity index (χ3n) is 13.8. The number of rotatable bonds is 14. The number of amides is 5. The van der Waals surface area contributed by atoms with E-state index in [2.05, 4.69) is 25.7 Å². The van der Waals surface area contributed by atoms with Crippen molar-refractivity contribution in [3.05, 3.63) is 102 Å². The van der Waals surface area contributed by atoms with Crippen LogP contribution < -0.4 is 31.1 Å². The van der Waals surface area contributed by atoms with E-state index in [4.69, 9.17) is 20.7 Å². The number of imide groups is 2. The number of nitrogens with two attached hydrogens (primary N) is 1. The SMILES string of the molecule is C[C@H](Oc1cc(-c2nn(C)c3c(-c4cnn(C5CCC(C(=O)N[C@H]6C[C@H](Nc7cccc8c7C(=O)N(C7CCC(=O)NC7=O)C8=O)C6)N(C)C5)c4)cnc(N)c23)ccc1NSC(F)F)c1ccc(F)cc1. The lowest BCUT2D eigenvalue weighted by Gasteiger charge is -2.40. The summed E-state index contributed by atoms with van der Waals surface area (Å²) < 4.78 is 52.8. The molecule has 3 fully saturated rings. The molecule has 2 saturated heterocycles. The fraction of sp³-hybridized carbons (Fsp3) is 0.347. The van der Waals surface area contributed by atoms with Crippen LogP contribution in [0, 0.1) is 5.82 Å². The van der Waals surface area contributed by atoms with Crippen molar-refractivity contribution in [3.8, 4) is 28.1 Å². The van der Waals surface area contributed by atoms with Gasteiger partial charge in [0.2, 0.25) is 17.7 Å². The molecule has 18 nitrogen and oxygen atoms in total. The van der Waals surface area contributed by atoms with Gasteiger partial charge < -0.3 is 25.8 Å². The number of nitrogen functional groups attached to an aromatic ring is 1. The molecule has 4 aliphatic rings. The third-order valence-corrected chi connectivity index (χ3v) is 14.3. The van der Waals surface area contributed by atoms with Crippen molar-refractivity contribution in [2.24, 2.45) is 7.05 Å². The van der Waals surface area contributed by atoms with E-state index in [9.17, 15) is 37.1 Å². The number of nitrogens with zero attached hydrogens (tertiary/aromatic N) is 7. The molecule has 5 amide bonds. The number of carbonyl (C=O) groups is 5. The number of piperidine rings is 2. The summed E-state index contributed by atoms with van der Waals surface area (Å²) in [6.07, 6.45) is 7.42. The van der Waals surface area contributed by atoms with Crippen LogP contribution in [0.3, 0.4) is 0 Å². The van der Waals surface area contributed by atoms with Gasteiger partial charge in [0.15, 0.2) is 0 Å². The number of halogens is 3. The molecule has 6 aromatic rings. The summed E-state index contributed by atoms with van der Waals surface area (Å²) in [5, 5.41) is 19.0. The molecule has 0 radical (unpaired) electrons. The number of anilines is 3. The summed E-state index contributed by atoms with van der Waals surface area (Å²) in [6, 6.07) is 14.3. The van der Waals surface area contributed by atoms with Crippen LogP contribution in [0.4, 0.5) is 30.4 Å². The lowest BCUT2D eigenvalue weighted by Crippen LogP contribution is -2.56. The van der Waals surface area contributed by atoms with Crippen molar-refractivity contribution < 1.29 is 41.9 Å². The van der Waals surface area contributed by atoms with Crippen LogP contribution in [0.25, 0.3) is 33.3 Å². The minimum Gasteiger partial charge on any atom is -0.484 e. The van der Waals surface area contributed by atoms with Gasteiger partial charge in [-0.05, 0) is 88.0 Å².